The van der Waals surface area contributed by atoms with Gasteiger partial charge in [0.15, 0.2) is 6.17 Å². The number of hydrogen-bond acceptors (Lipinski definition) is 4. The van der Waals surface area contributed by atoms with Crippen LogP contribution in [0.3, 0.4) is 0 Å². The Bertz CT molecular complexity index is 524. The maximum Gasteiger partial charge on any atom is 0.349 e. The summed E-state index contributed by atoms with van der Waals surface area (Å²) >= 11 is 0. The van der Waals surface area contributed by atoms with Crippen LogP contribution in [0.1, 0.15) is 57.1 Å². The maximum absolute atomic E-state index is 12.5. The van der Waals surface area contributed by atoms with E-state index in [-0.39, 0.29) is 5.97 Å². The second kappa shape index (κ2) is 7.45. The Balaban J connectivity index is 2.26. The summed E-state index contributed by atoms with van der Waals surface area (Å²) in [6.45, 7) is 9.21. The molecule has 1 heterocycles. The number of rotatable bonds is 4. The number of carbonyl (C=O) groups excluding carboxylic acids is 1. The van der Waals surface area contributed by atoms with Crippen LogP contribution in [0.5, 0.6) is 5.75 Å². The molecule has 4 heteroatoms. The highest BCUT2D eigenvalue weighted by Gasteiger charge is 2.23. The van der Waals surface area contributed by atoms with Crippen LogP contribution in [-0.4, -0.2) is 18.7 Å². The molecule has 0 saturated heterocycles. The fraction of sp³-hybridized carbons (Fsp3) is 0.500. The third-order valence-corrected chi connectivity index (χ3v) is 3.80. The molecule has 2 rings (SSSR count). The first-order valence-corrected chi connectivity index (χ1v) is 7.99. The van der Waals surface area contributed by atoms with E-state index in [4.69, 9.17) is 4.74 Å². The molecular weight excluding hydrogens is 276 g/mol. The Kier molecular flexibility index (Phi) is 5.61. The number of ether oxygens (including phenoxy) is 1. The monoisotopic (exact) mass is 302 g/mol. The highest BCUT2D eigenvalue weighted by atomic mass is 16.5. The third kappa shape index (κ3) is 3.89. The smallest absolute Gasteiger partial charge is 0.349 e. The highest BCUT2D eigenvalue weighted by molar-refractivity contribution is 5.79. The second-order valence-electron chi connectivity index (χ2n) is 6.24. The Labute approximate surface area is 132 Å². The number of carbonyl (C=O) groups is 1. The van der Waals surface area contributed by atoms with Crippen LogP contribution in [0.2, 0.25) is 0 Å². The summed E-state index contributed by atoms with van der Waals surface area (Å²) in [6, 6.07) is 6.10. The normalized spacial score (nSPS) is 18.2. The van der Waals surface area contributed by atoms with Crippen LogP contribution in [0.15, 0.2) is 30.5 Å². The van der Waals surface area contributed by atoms with Crippen molar-refractivity contribution in [1.82, 2.24) is 10.6 Å². The molecule has 22 heavy (non-hydrogen) atoms. The van der Waals surface area contributed by atoms with Crippen molar-refractivity contribution in [2.45, 2.75) is 52.1 Å². The molecule has 0 radical (unpaired) electrons. The largest absolute Gasteiger partial charge is 0.423 e. The highest BCUT2D eigenvalue weighted by Crippen LogP contribution is 2.34. The van der Waals surface area contributed by atoms with Gasteiger partial charge in [-0.05, 0) is 35.6 Å². The summed E-state index contributed by atoms with van der Waals surface area (Å²) in [5, 5.41) is 6.18. The zero-order chi connectivity index (χ0) is 16.1. The maximum atomic E-state index is 12.5. The zero-order valence-electron chi connectivity index (χ0n) is 13.8. The molecule has 120 valence electrons. The van der Waals surface area contributed by atoms with E-state index in [0.29, 0.717) is 17.6 Å². The molecule has 1 aliphatic heterocycles. The van der Waals surface area contributed by atoms with Gasteiger partial charge in [0.25, 0.3) is 0 Å². The summed E-state index contributed by atoms with van der Waals surface area (Å²) in [5.41, 5.74) is 2.15. The van der Waals surface area contributed by atoms with E-state index in [2.05, 4.69) is 38.3 Å². The average Bonchev–Trinajstić information content (AvgIpc) is 2.76. The third-order valence-electron chi connectivity index (χ3n) is 3.80. The van der Waals surface area contributed by atoms with Crippen LogP contribution in [-0.2, 0) is 4.79 Å². The lowest BCUT2D eigenvalue weighted by Gasteiger charge is -2.21. The van der Waals surface area contributed by atoms with Crippen LogP contribution < -0.4 is 15.4 Å². The lowest BCUT2D eigenvalue weighted by molar-refractivity contribution is -0.137. The molecule has 1 atom stereocenters. The second-order valence-corrected chi connectivity index (χ2v) is 6.24. The summed E-state index contributed by atoms with van der Waals surface area (Å²) in [5.74, 6) is 1.03. The molecule has 0 amide bonds. The van der Waals surface area contributed by atoms with E-state index in [0.717, 1.165) is 24.1 Å². The average molecular weight is 302 g/mol. The van der Waals surface area contributed by atoms with Crippen LogP contribution in [0, 0.1) is 0 Å². The molecule has 0 saturated carbocycles. The molecule has 0 spiro atoms. The zero-order valence-corrected chi connectivity index (χ0v) is 13.8. The minimum Gasteiger partial charge on any atom is -0.423 e. The molecule has 1 aromatic carbocycles. The van der Waals surface area contributed by atoms with Crippen LogP contribution in [0.25, 0.3) is 0 Å². The molecule has 1 aromatic rings. The molecule has 0 fully saturated rings. The van der Waals surface area contributed by atoms with Crippen LogP contribution >= 0.6 is 0 Å². The van der Waals surface area contributed by atoms with Crippen molar-refractivity contribution in [3.05, 3.63) is 41.6 Å². The van der Waals surface area contributed by atoms with E-state index >= 15 is 0 Å². The molecule has 4 nitrogen and oxygen atoms in total. The first-order chi connectivity index (χ1) is 10.5. The first kappa shape index (κ1) is 16.6. The Morgan fingerprint density at radius 2 is 1.82 bits per heavy atom. The number of hydrogen-bond donors (Lipinski definition) is 2. The summed E-state index contributed by atoms with van der Waals surface area (Å²) in [7, 11) is 0. The fourth-order valence-corrected chi connectivity index (χ4v) is 2.53. The Morgan fingerprint density at radius 1 is 1.18 bits per heavy atom. The topological polar surface area (TPSA) is 50.4 Å². The number of esters is 1. The quantitative estimate of drug-likeness (QED) is 0.662. The van der Waals surface area contributed by atoms with Gasteiger partial charge < -0.3 is 10.1 Å². The lowest BCUT2D eigenvalue weighted by Crippen LogP contribution is -2.47. The molecule has 0 aliphatic carbocycles. The fourth-order valence-electron chi connectivity index (χ4n) is 2.53. The van der Waals surface area contributed by atoms with Gasteiger partial charge >= 0.3 is 5.97 Å². The standard InChI is InChI=1S/C18H26N2O2/c1-12(2)14-8-7-9-15(13(3)4)16(14)22-18(21)17-19-10-5-6-11-20-17/h5,7-10,12-13,17,19-20H,6,11H2,1-4H3. The van der Waals surface area contributed by atoms with Gasteiger partial charge in [-0.15, -0.1) is 0 Å². The summed E-state index contributed by atoms with van der Waals surface area (Å²) in [6.07, 6.45) is 4.21. The van der Waals surface area contributed by atoms with E-state index in [9.17, 15) is 4.79 Å². The van der Waals surface area contributed by atoms with Gasteiger partial charge in [0.2, 0.25) is 0 Å². The van der Waals surface area contributed by atoms with Gasteiger partial charge in [-0.25, -0.2) is 4.79 Å². The van der Waals surface area contributed by atoms with Crippen molar-refractivity contribution in [2.24, 2.45) is 0 Å². The van der Waals surface area contributed by atoms with Gasteiger partial charge in [-0.1, -0.05) is 52.0 Å². The van der Waals surface area contributed by atoms with Crippen molar-refractivity contribution in [3.63, 3.8) is 0 Å². The molecular formula is C18H26N2O2. The summed E-state index contributed by atoms with van der Waals surface area (Å²) in [4.78, 5) is 12.5. The number of benzene rings is 1. The Morgan fingerprint density at radius 3 is 2.41 bits per heavy atom. The minimum atomic E-state index is -0.501. The van der Waals surface area contributed by atoms with E-state index in [1.54, 1.807) is 0 Å². The molecule has 1 unspecified atom stereocenters. The van der Waals surface area contributed by atoms with Gasteiger partial charge in [0.05, 0.1) is 0 Å². The van der Waals surface area contributed by atoms with E-state index < -0.39 is 6.17 Å². The predicted molar refractivity (Wildman–Crippen MR) is 88.9 cm³/mol. The van der Waals surface area contributed by atoms with Crippen molar-refractivity contribution in [1.29, 1.82) is 0 Å². The van der Waals surface area contributed by atoms with Gasteiger partial charge in [0, 0.05) is 6.54 Å². The molecule has 0 aromatic heterocycles. The van der Waals surface area contributed by atoms with Gasteiger partial charge in [0.1, 0.15) is 5.75 Å². The van der Waals surface area contributed by atoms with Crippen molar-refractivity contribution in [2.75, 3.05) is 6.54 Å². The minimum absolute atomic E-state index is 0.290. The van der Waals surface area contributed by atoms with Crippen LogP contribution in [0.4, 0.5) is 0 Å². The van der Waals surface area contributed by atoms with Gasteiger partial charge in [-0.2, -0.15) is 0 Å². The molecule has 1 aliphatic rings. The molecule has 2 N–H and O–H groups in total. The first-order valence-electron chi connectivity index (χ1n) is 7.99. The SMILES string of the molecule is CC(C)c1cccc(C(C)C)c1OC(=O)C1NC=CCCN1. The summed E-state index contributed by atoms with van der Waals surface area (Å²) < 4.78 is 5.80. The predicted octanol–water partition coefficient (Wildman–Crippen LogP) is 3.26. The Hall–Kier alpha value is -1.81. The number of nitrogens with one attached hydrogen (secondary N) is 2. The van der Waals surface area contributed by atoms with Crippen molar-refractivity contribution >= 4 is 5.97 Å². The lowest BCUT2D eigenvalue weighted by atomic mass is 9.94. The van der Waals surface area contributed by atoms with E-state index in [1.165, 1.54) is 0 Å². The van der Waals surface area contributed by atoms with Crippen molar-refractivity contribution in [3.8, 4) is 5.75 Å². The van der Waals surface area contributed by atoms with Gasteiger partial charge in [-0.3, -0.25) is 5.32 Å². The molecule has 0 bridgehead atoms. The van der Waals surface area contributed by atoms with Crippen molar-refractivity contribution < 1.29 is 9.53 Å². The van der Waals surface area contributed by atoms with E-state index in [1.807, 2.05) is 30.5 Å². The number of para-hydroxylation sites is 1.